The van der Waals surface area contributed by atoms with E-state index in [-0.39, 0.29) is 17.9 Å². The Morgan fingerprint density at radius 3 is 2.77 bits per heavy atom. The van der Waals surface area contributed by atoms with Crippen LogP contribution in [0, 0.1) is 25.2 Å². The molecule has 2 rings (SSSR count). The maximum Gasteiger partial charge on any atom is 0.266 e. The third kappa shape index (κ3) is 4.69. The zero-order valence-electron chi connectivity index (χ0n) is 14.9. The Labute approximate surface area is 161 Å². The van der Waals surface area contributed by atoms with E-state index in [1.165, 1.54) is 0 Å². The summed E-state index contributed by atoms with van der Waals surface area (Å²) in [6.07, 6.45) is 0.674. The number of hydrogen-bond acceptors (Lipinski definition) is 4. The quantitative estimate of drug-likeness (QED) is 0.725. The number of pyridine rings is 1. The Morgan fingerprint density at radius 2 is 2.12 bits per heavy atom. The van der Waals surface area contributed by atoms with Crippen LogP contribution in [-0.2, 0) is 11.2 Å². The zero-order valence-corrected chi connectivity index (χ0v) is 16.5. The highest BCUT2D eigenvalue weighted by molar-refractivity contribution is 7.99. The number of halogens is 1. The molecule has 1 heterocycles. The van der Waals surface area contributed by atoms with Crippen LogP contribution in [0.3, 0.4) is 0 Å². The number of aromatic amines is 1. The lowest BCUT2D eigenvalue weighted by Crippen LogP contribution is -2.18. The van der Waals surface area contributed by atoms with Crippen molar-refractivity contribution in [1.29, 1.82) is 5.26 Å². The van der Waals surface area contributed by atoms with Gasteiger partial charge in [0.25, 0.3) is 5.56 Å². The van der Waals surface area contributed by atoms with Gasteiger partial charge in [0.1, 0.15) is 11.6 Å². The third-order valence-corrected chi connectivity index (χ3v) is 5.23. The van der Waals surface area contributed by atoms with Gasteiger partial charge in [-0.15, -0.1) is 11.8 Å². The van der Waals surface area contributed by atoms with Crippen molar-refractivity contribution in [2.75, 3.05) is 11.1 Å². The minimum atomic E-state index is -0.393. The van der Waals surface area contributed by atoms with Gasteiger partial charge in [0, 0.05) is 22.0 Å². The molecule has 1 amide bonds. The van der Waals surface area contributed by atoms with Crippen LogP contribution in [0.2, 0.25) is 5.02 Å². The van der Waals surface area contributed by atoms with E-state index in [0.717, 1.165) is 16.2 Å². The largest absolute Gasteiger partial charge is 0.325 e. The molecule has 0 radical (unpaired) electrons. The van der Waals surface area contributed by atoms with Crippen molar-refractivity contribution in [3.05, 3.63) is 56.0 Å². The van der Waals surface area contributed by atoms with Crippen molar-refractivity contribution >= 4 is 35.0 Å². The van der Waals surface area contributed by atoms with Crippen molar-refractivity contribution < 1.29 is 4.79 Å². The summed E-state index contributed by atoms with van der Waals surface area (Å²) in [4.78, 5) is 27.8. The highest BCUT2D eigenvalue weighted by atomic mass is 35.5. The molecular weight excluding hydrogens is 370 g/mol. The van der Waals surface area contributed by atoms with Crippen LogP contribution in [0.25, 0.3) is 0 Å². The summed E-state index contributed by atoms with van der Waals surface area (Å²) < 4.78 is 0. The van der Waals surface area contributed by atoms with E-state index >= 15 is 0 Å². The average Bonchev–Trinajstić information content (AvgIpc) is 2.57. The van der Waals surface area contributed by atoms with Crippen LogP contribution >= 0.6 is 23.4 Å². The smallest absolute Gasteiger partial charge is 0.266 e. The number of amides is 1. The number of benzene rings is 1. The summed E-state index contributed by atoms with van der Waals surface area (Å²) in [5.74, 6) is 0.741. The molecule has 0 unspecified atom stereocenters. The number of nitriles is 1. The summed E-state index contributed by atoms with van der Waals surface area (Å²) in [7, 11) is 0. The molecule has 5 nitrogen and oxygen atoms in total. The fourth-order valence-corrected chi connectivity index (χ4v) is 3.67. The van der Waals surface area contributed by atoms with Gasteiger partial charge in [0.05, 0.1) is 5.69 Å². The summed E-state index contributed by atoms with van der Waals surface area (Å²) in [6, 6.07) is 7.35. The van der Waals surface area contributed by atoms with Crippen LogP contribution in [0.15, 0.2) is 27.9 Å². The maximum atomic E-state index is 12.4. The van der Waals surface area contributed by atoms with Gasteiger partial charge in [-0.2, -0.15) is 5.26 Å². The van der Waals surface area contributed by atoms with Gasteiger partial charge in [0.15, 0.2) is 0 Å². The topological polar surface area (TPSA) is 85.8 Å². The lowest BCUT2D eigenvalue weighted by atomic mass is 9.99. The Kier molecular flexibility index (Phi) is 6.90. The predicted molar refractivity (Wildman–Crippen MR) is 106 cm³/mol. The molecule has 0 atom stereocenters. The fraction of sp³-hybridized carbons (Fsp3) is 0.316. The SMILES string of the molecule is CCSc1ccc(Cl)cc1NC(=O)CCc1c(C)[nH]c(=O)c(C#N)c1C. The molecule has 0 aliphatic carbocycles. The van der Waals surface area contributed by atoms with Crippen molar-refractivity contribution in [3.8, 4) is 6.07 Å². The second-order valence-corrected chi connectivity index (χ2v) is 7.53. The molecule has 136 valence electrons. The number of anilines is 1. The molecule has 2 aromatic rings. The van der Waals surface area contributed by atoms with Gasteiger partial charge in [-0.25, -0.2) is 0 Å². The van der Waals surface area contributed by atoms with Gasteiger partial charge in [-0.05, 0) is 55.3 Å². The predicted octanol–water partition coefficient (Wildman–Crippen LogP) is 4.20. The monoisotopic (exact) mass is 389 g/mol. The number of H-pyrrole nitrogens is 1. The van der Waals surface area contributed by atoms with Crippen molar-refractivity contribution in [2.24, 2.45) is 0 Å². The van der Waals surface area contributed by atoms with Gasteiger partial charge in [-0.1, -0.05) is 18.5 Å². The highest BCUT2D eigenvalue weighted by Gasteiger charge is 2.14. The second kappa shape index (κ2) is 8.93. The number of thioether (sulfide) groups is 1. The first-order chi connectivity index (χ1) is 12.4. The molecule has 26 heavy (non-hydrogen) atoms. The van der Waals surface area contributed by atoms with E-state index in [2.05, 4.69) is 10.3 Å². The lowest BCUT2D eigenvalue weighted by molar-refractivity contribution is -0.116. The molecule has 0 saturated carbocycles. The first-order valence-corrected chi connectivity index (χ1v) is 9.58. The number of aromatic nitrogens is 1. The lowest BCUT2D eigenvalue weighted by Gasteiger charge is -2.13. The molecular formula is C19H20ClN3O2S. The van der Waals surface area contributed by atoms with E-state index in [1.807, 2.05) is 19.1 Å². The number of aryl methyl sites for hydroxylation is 1. The van der Waals surface area contributed by atoms with E-state index < -0.39 is 5.56 Å². The Bertz CT molecular complexity index is 932. The van der Waals surface area contributed by atoms with Crippen molar-refractivity contribution in [1.82, 2.24) is 4.98 Å². The van der Waals surface area contributed by atoms with E-state index in [4.69, 9.17) is 16.9 Å². The molecule has 0 bridgehead atoms. The highest BCUT2D eigenvalue weighted by Crippen LogP contribution is 2.30. The van der Waals surface area contributed by atoms with Crippen LogP contribution in [0.4, 0.5) is 5.69 Å². The summed E-state index contributed by atoms with van der Waals surface area (Å²) in [6.45, 7) is 5.55. The number of rotatable bonds is 6. The number of nitrogens with one attached hydrogen (secondary N) is 2. The zero-order chi connectivity index (χ0) is 19.3. The van der Waals surface area contributed by atoms with E-state index in [1.54, 1.807) is 37.7 Å². The fourth-order valence-electron chi connectivity index (χ4n) is 2.75. The summed E-state index contributed by atoms with van der Waals surface area (Å²) in [5.41, 5.74) is 2.54. The first-order valence-electron chi connectivity index (χ1n) is 8.22. The van der Waals surface area contributed by atoms with Gasteiger partial charge >= 0.3 is 0 Å². The van der Waals surface area contributed by atoms with Crippen LogP contribution < -0.4 is 10.9 Å². The second-order valence-electron chi connectivity index (χ2n) is 5.79. The normalized spacial score (nSPS) is 10.4. The van der Waals surface area contributed by atoms with Gasteiger partial charge in [0.2, 0.25) is 5.91 Å². The molecule has 2 N–H and O–H groups in total. The Morgan fingerprint density at radius 1 is 1.38 bits per heavy atom. The minimum absolute atomic E-state index is 0.0995. The third-order valence-electron chi connectivity index (χ3n) is 4.04. The number of nitrogens with zero attached hydrogens (tertiary/aromatic N) is 1. The Balaban J connectivity index is 2.15. The van der Waals surface area contributed by atoms with Crippen LogP contribution in [0.1, 0.15) is 35.7 Å². The maximum absolute atomic E-state index is 12.4. The molecule has 0 aliphatic rings. The van der Waals surface area contributed by atoms with Crippen LogP contribution in [-0.4, -0.2) is 16.6 Å². The van der Waals surface area contributed by atoms with Gasteiger partial charge in [-0.3, -0.25) is 9.59 Å². The number of carbonyl (C=O) groups is 1. The van der Waals surface area contributed by atoms with Crippen LogP contribution in [0.5, 0.6) is 0 Å². The molecule has 0 fully saturated rings. The van der Waals surface area contributed by atoms with E-state index in [0.29, 0.717) is 28.4 Å². The molecule has 0 saturated heterocycles. The average molecular weight is 390 g/mol. The number of hydrogen-bond donors (Lipinski definition) is 2. The molecule has 1 aromatic heterocycles. The minimum Gasteiger partial charge on any atom is -0.325 e. The van der Waals surface area contributed by atoms with E-state index in [9.17, 15) is 9.59 Å². The molecule has 0 spiro atoms. The molecule has 7 heteroatoms. The Hall–Kier alpha value is -2.23. The standard InChI is InChI=1S/C19H20ClN3O2S/c1-4-26-17-7-5-13(20)9-16(17)23-18(24)8-6-14-11(2)15(10-21)19(25)22-12(14)3/h5,7,9H,4,6,8H2,1-3H3,(H,22,25)(H,23,24). The van der Waals surface area contributed by atoms with Gasteiger partial charge < -0.3 is 10.3 Å². The first kappa shape index (κ1) is 20.1. The van der Waals surface area contributed by atoms with Crippen molar-refractivity contribution in [3.63, 3.8) is 0 Å². The summed E-state index contributed by atoms with van der Waals surface area (Å²) >= 11 is 7.67. The molecule has 0 aliphatic heterocycles. The molecule has 1 aromatic carbocycles. The summed E-state index contributed by atoms with van der Waals surface area (Å²) in [5, 5.41) is 12.6. The van der Waals surface area contributed by atoms with Crippen molar-refractivity contribution in [2.45, 2.75) is 38.5 Å². The number of carbonyl (C=O) groups excluding carboxylic acids is 1.